The van der Waals surface area contributed by atoms with Crippen LogP contribution in [-0.2, 0) is 14.3 Å². The molecule has 1 aromatic heterocycles. The van der Waals surface area contributed by atoms with Crippen molar-refractivity contribution >= 4 is 28.9 Å². The van der Waals surface area contributed by atoms with Gasteiger partial charge in [-0.15, -0.1) is 0 Å². The van der Waals surface area contributed by atoms with Crippen molar-refractivity contribution in [2.45, 2.75) is 19.9 Å². The van der Waals surface area contributed by atoms with Crippen LogP contribution in [0.3, 0.4) is 0 Å². The van der Waals surface area contributed by atoms with Crippen molar-refractivity contribution in [2.24, 2.45) is 0 Å². The first-order valence-corrected chi connectivity index (χ1v) is 8.67. The van der Waals surface area contributed by atoms with E-state index in [2.05, 4.69) is 15.6 Å². The van der Waals surface area contributed by atoms with Gasteiger partial charge in [0.2, 0.25) is 5.56 Å². The highest BCUT2D eigenvalue weighted by Crippen LogP contribution is 2.18. The quantitative estimate of drug-likeness (QED) is 0.664. The first-order chi connectivity index (χ1) is 13.4. The van der Waals surface area contributed by atoms with Gasteiger partial charge >= 0.3 is 18.0 Å². The lowest BCUT2D eigenvalue weighted by molar-refractivity contribution is -0.139. The van der Waals surface area contributed by atoms with Gasteiger partial charge in [0.05, 0.1) is 29.5 Å². The fourth-order valence-electron chi connectivity index (χ4n) is 2.98. The summed E-state index contributed by atoms with van der Waals surface area (Å²) in [6.45, 7) is 3.09. The van der Waals surface area contributed by atoms with Crippen molar-refractivity contribution in [2.75, 3.05) is 13.2 Å². The maximum absolute atomic E-state index is 12.6. The van der Waals surface area contributed by atoms with E-state index >= 15 is 0 Å². The van der Waals surface area contributed by atoms with Gasteiger partial charge in [-0.2, -0.15) is 0 Å². The lowest BCUT2D eigenvalue weighted by Crippen LogP contribution is -2.50. The zero-order valence-corrected chi connectivity index (χ0v) is 15.3. The maximum atomic E-state index is 12.6. The molecule has 1 aromatic carbocycles. The van der Waals surface area contributed by atoms with Crippen LogP contribution in [-0.4, -0.2) is 42.2 Å². The summed E-state index contributed by atoms with van der Waals surface area (Å²) in [6.07, 6.45) is 0. The van der Waals surface area contributed by atoms with Gasteiger partial charge in [-0.3, -0.25) is 4.79 Å². The summed E-state index contributed by atoms with van der Waals surface area (Å²) in [6, 6.07) is 6.83. The SMILES string of the molecule is CCOC(=O)C1=C(COC(=O)c2cc(=O)[nH]c3ccccc23)NC(=O)N[C@@H]1C. The Hall–Kier alpha value is -3.62. The largest absolute Gasteiger partial charge is 0.463 e. The monoisotopic (exact) mass is 385 g/mol. The second-order valence-electron chi connectivity index (χ2n) is 6.10. The van der Waals surface area contributed by atoms with Crippen LogP contribution in [0.5, 0.6) is 0 Å². The van der Waals surface area contributed by atoms with E-state index in [1.54, 1.807) is 38.1 Å². The van der Waals surface area contributed by atoms with Gasteiger partial charge in [-0.05, 0) is 19.9 Å². The van der Waals surface area contributed by atoms with E-state index in [1.165, 1.54) is 0 Å². The smallest absolute Gasteiger partial charge is 0.339 e. The highest BCUT2D eigenvalue weighted by molar-refractivity contribution is 6.03. The van der Waals surface area contributed by atoms with Crippen molar-refractivity contribution in [1.29, 1.82) is 0 Å². The average molecular weight is 385 g/mol. The van der Waals surface area contributed by atoms with E-state index in [1.807, 2.05) is 0 Å². The van der Waals surface area contributed by atoms with Gasteiger partial charge in [-0.1, -0.05) is 18.2 Å². The zero-order chi connectivity index (χ0) is 20.3. The van der Waals surface area contributed by atoms with Crippen LogP contribution in [0.25, 0.3) is 10.9 Å². The third-order valence-electron chi connectivity index (χ3n) is 4.18. The summed E-state index contributed by atoms with van der Waals surface area (Å²) in [7, 11) is 0. The molecule has 1 atom stereocenters. The zero-order valence-electron chi connectivity index (χ0n) is 15.3. The predicted octanol–water partition coefficient (Wildman–Crippen LogP) is 1.20. The number of para-hydroxylation sites is 1. The van der Waals surface area contributed by atoms with Gasteiger partial charge in [0.25, 0.3) is 0 Å². The molecular formula is C19H19N3O6. The summed E-state index contributed by atoms with van der Waals surface area (Å²) < 4.78 is 10.3. The van der Waals surface area contributed by atoms with Gasteiger partial charge in [0.15, 0.2) is 0 Å². The van der Waals surface area contributed by atoms with Crippen molar-refractivity contribution in [3.05, 3.63) is 57.5 Å². The molecule has 0 saturated carbocycles. The third-order valence-corrected chi connectivity index (χ3v) is 4.18. The molecule has 2 amide bonds. The number of rotatable bonds is 5. The molecule has 2 heterocycles. The topological polar surface area (TPSA) is 127 Å². The lowest BCUT2D eigenvalue weighted by Gasteiger charge is -2.26. The fraction of sp³-hybridized carbons (Fsp3) is 0.263. The fourth-order valence-corrected chi connectivity index (χ4v) is 2.98. The maximum Gasteiger partial charge on any atom is 0.339 e. The van der Waals surface area contributed by atoms with Crippen LogP contribution in [0.4, 0.5) is 4.79 Å². The second kappa shape index (κ2) is 7.95. The number of pyridine rings is 1. The molecule has 2 aromatic rings. The number of ether oxygens (including phenoxy) is 2. The van der Waals surface area contributed by atoms with Gasteiger partial charge in [0.1, 0.15) is 6.61 Å². The highest BCUT2D eigenvalue weighted by Gasteiger charge is 2.30. The summed E-state index contributed by atoms with van der Waals surface area (Å²) >= 11 is 0. The average Bonchev–Trinajstić information content (AvgIpc) is 2.65. The van der Waals surface area contributed by atoms with E-state index in [4.69, 9.17) is 9.47 Å². The Morgan fingerprint density at radius 1 is 1.11 bits per heavy atom. The molecule has 146 valence electrons. The normalized spacial score (nSPS) is 16.4. The predicted molar refractivity (Wildman–Crippen MR) is 99.6 cm³/mol. The number of carbonyl (C=O) groups is 3. The molecule has 28 heavy (non-hydrogen) atoms. The minimum Gasteiger partial charge on any atom is -0.463 e. The number of carbonyl (C=O) groups excluding carboxylic acids is 3. The van der Waals surface area contributed by atoms with Gasteiger partial charge in [-0.25, -0.2) is 14.4 Å². The molecule has 1 aliphatic rings. The van der Waals surface area contributed by atoms with Crippen LogP contribution < -0.4 is 16.2 Å². The van der Waals surface area contributed by atoms with E-state index in [9.17, 15) is 19.2 Å². The van der Waals surface area contributed by atoms with Crippen LogP contribution in [0, 0.1) is 0 Å². The van der Waals surface area contributed by atoms with Crippen LogP contribution in [0.1, 0.15) is 24.2 Å². The minimum atomic E-state index is -0.751. The Morgan fingerprint density at radius 2 is 1.86 bits per heavy atom. The summed E-state index contributed by atoms with van der Waals surface area (Å²) in [5, 5.41) is 5.55. The number of aromatic amines is 1. The number of fused-ring (bicyclic) bond motifs is 1. The molecule has 0 unspecified atom stereocenters. The molecule has 3 rings (SSSR count). The Morgan fingerprint density at radius 3 is 2.61 bits per heavy atom. The minimum absolute atomic E-state index is 0.0888. The van der Waals surface area contributed by atoms with E-state index < -0.39 is 29.6 Å². The Labute approximate surface area is 159 Å². The molecule has 1 aliphatic heterocycles. The Kier molecular flexibility index (Phi) is 5.44. The summed E-state index contributed by atoms with van der Waals surface area (Å²) in [5.41, 5.74) is 0.450. The molecule has 0 fully saturated rings. The molecule has 0 radical (unpaired) electrons. The molecule has 9 nitrogen and oxygen atoms in total. The van der Waals surface area contributed by atoms with Gasteiger partial charge in [0, 0.05) is 17.0 Å². The molecule has 0 bridgehead atoms. The second-order valence-corrected chi connectivity index (χ2v) is 6.10. The molecule has 0 aliphatic carbocycles. The number of esters is 2. The first kappa shape index (κ1) is 19.2. The number of aromatic nitrogens is 1. The summed E-state index contributed by atoms with van der Waals surface area (Å²) in [5.74, 6) is -1.37. The van der Waals surface area contributed by atoms with Crippen molar-refractivity contribution < 1.29 is 23.9 Å². The standard InChI is InChI=1S/C19H19N3O6/c1-3-27-18(25)16-10(2)20-19(26)22-14(16)9-28-17(24)12-8-15(23)21-13-7-5-4-6-11(12)13/h4-8,10H,3,9H2,1-2H3,(H,21,23)(H2,20,22,26)/t10-/m1/s1. The van der Waals surface area contributed by atoms with Crippen molar-refractivity contribution in [3.63, 3.8) is 0 Å². The lowest BCUT2D eigenvalue weighted by atomic mass is 10.0. The van der Waals surface area contributed by atoms with Gasteiger partial charge < -0.3 is 25.1 Å². The number of nitrogens with one attached hydrogen (secondary N) is 3. The number of hydrogen-bond acceptors (Lipinski definition) is 6. The van der Waals surface area contributed by atoms with Crippen molar-refractivity contribution in [1.82, 2.24) is 15.6 Å². The first-order valence-electron chi connectivity index (χ1n) is 8.67. The van der Waals surface area contributed by atoms with Crippen LogP contribution >= 0.6 is 0 Å². The van der Waals surface area contributed by atoms with Crippen molar-refractivity contribution in [3.8, 4) is 0 Å². The third kappa shape index (κ3) is 3.88. The number of amides is 2. The number of benzene rings is 1. The molecule has 9 heteroatoms. The molecular weight excluding hydrogens is 366 g/mol. The van der Waals surface area contributed by atoms with E-state index in [-0.39, 0.29) is 30.0 Å². The van der Waals surface area contributed by atoms with E-state index in [0.717, 1.165) is 6.07 Å². The van der Waals surface area contributed by atoms with Crippen LogP contribution in [0.15, 0.2) is 46.4 Å². The molecule has 0 spiro atoms. The number of hydrogen-bond donors (Lipinski definition) is 3. The molecule has 3 N–H and O–H groups in total. The van der Waals surface area contributed by atoms with Crippen LogP contribution in [0.2, 0.25) is 0 Å². The summed E-state index contributed by atoms with van der Waals surface area (Å²) in [4.78, 5) is 51.0. The highest BCUT2D eigenvalue weighted by atomic mass is 16.5. The van der Waals surface area contributed by atoms with E-state index in [0.29, 0.717) is 10.9 Å². The molecule has 0 saturated heterocycles. The Bertz CT molecular complexity index is 1040. The Balaban J connectivity index is 1.88. The number of H-pyrrole nitrogens is 1. The number of urea groups is 1.